The van der Waals surface area contributed by atoms with E-state index in [1.165, 1.54) is 0 Å². The SMILES string of the molecule is COc1cccc(C2CC(C(=O)N3CCN(c4ccc(Cl)cc4)CC3)NN2)c1. The molecule has 1 amide bonds. The van der Waals surface area contributed by atoms with Gasteiger partial charge in [0.1, 0.15) is 11.8 Å². The first kappa shape index (κ1) is 19.1. The number of amides is 1. The Balaban J connectivity index is 1.32. The van der Waals surface area contributed by atoms with Crippen LogP contribution in [0.25, 0.3) is 0 Å². The van der Waals surface area contributed by atoms with Crippen molar-refractivity contribution in [3.05, 3.63) is 59.1 Å². The minimum Gasteiger partial charge on any atom is -0.497 e. The van der Waals surface area contributed by atoms with Gasteiger partial charge < -0.3 is 14.5 Å². The number of hydrazine groups is 1. The lowest BCUT2D eigenvalue weighted by molar-refractivity contribution is -0.133. The second-order valence-electron chi connectivity index (χ2n) is 7.19. The largest absolute Gasteiger partial charge is 0.497 e. The van der Waals surface area contributed by atoms with Crippen LogP contribution < -0.4 is 20.5 Å². The van der Waals surface area contributed by atoms with Crippen LogP contribution in [0, 0.1) is 0 Å². The van der Waals surface area contributed by atoms with E-state index in [2.05, 4.69) is 21.8 Å². The van der Waals surface area contributed by atoms with Crippen molar-refractivity contribution in [1.82, 2.24) is 15.8 Å². The van der Waals surface area contributed by atoms with Crippen molar-refractivity contribution in [3.63, 3.8) is 0 Å². The van der Waals surface area contributed by atoms with E-state index in [0.29, 0.717) is 0 Å². The predicted molar refractivity (Wildman–Crippen MR) is 111 cm³/mol. The highest BCUT2D eigenvalue weighted by molar-refractivity contribution is 6.30. The standard InChI is InChI=1S/C21H25ClN4O2/c1-28-18-4-2-3-15(13-18)19-14-20(24-23-19)21(27)26-11-9-25(10-12-26)17-7-5-16(22)6-8-17/h2-8,13,19-20,23-24H,9-12,14H2,1H3. The molecule has 2 saturated heterocycles. The highest BCUT2D eigenvalue weighted by Crippen LogP contribution is 2.26. The van der Waals surface area contributed by atoms with Crippen molar-refractivity contribution in [1.29, 1.82) is 0 Å². The van der Waals surface area contributed by atoms with Crippen LogP contribution in [0.5, 0.6) is 5.75 Å². The molecule has 2 fully saturated rings. The number of hydrogen-bond acceptors (Lipinski definition) is 5. The van der Waals surface area contributed by atoms with E-state index in [9.17, 15) is 4.79 Å². The molecule has 2 aromatic rings. The topological polar surface area (TPSA) is 56.8 Å². The number of piperazine rings is 1. The maximum absolute atomic E-state index is 13.0. The zero-order valence-electron chi connectivity index (χ0n) is 15.9. The lowest BCUT2D eigenvalue weighted by atomic mass is 10.0. The first-order valence-electron chi connectivity index (χ1n) is 9.58. The molecule has 0 saturated carbocycles. The third-order valence-corrected chi connectivity index (χ3v) is 5.73. The average molecular weight is 401 g/mol. The van der Waals surface area contributed by atoms with Crippen molar-refractivity contribution < 1.29 is 9.53 Å². The van der Waals surface area contributed by atoms with E-state index < -0.39 is 0 Å². The fraction of sp³-hybridized carbons (Fsp3) is 0.381. The number of anilines is 1. The smallest absolute Gasteiger partial charge is 0.241 e. The van der Waals surface area contributed by atoms with Crippen LogP contribution in [0.15, 0.2) is 48.5 Å². The molecule has 0 spiro atoms. The second kappa shape index (κ2) is 8.39. The van der Waals surface area contributed by atoms with Crippen LogP contribution in [-0.2, 0) is 4.79 Å². The van der Waals surface area contributed by atoms with Gasteiger partial charge in [0, 0.05) is 42.9 Å². The molecule has 2 atom stereocenters. The normalized spacial score (nSPS) is 22.4. The van der Waals surface area contributed by atoms with Gasteiger partial charge >= 0.3 is 0 Å². The maximum atomic E-state index is 13.0. The number of nitrogens with zero attached hydrogens (tertiary/aromatic N) is 2. The van der Waals surface area contributed by atoms with Crippen molar-refractivity contribution in [2.24, 2.45) is 0 Å². The fourth-order valence-electron chi connectivity index (χ4n) is 3.85. The van der Waals surface area contributed by atoms with Crippen molar-refractivity contribution >= 4 is 23.2 Å². The number of ether oxygens (including phenoxy) is 1. The fourth-order valence-corrected chi connectivity index (χ4v) is 3.98. The van der Waals surface area contributed by atoms with Crippen molar-refractivity contribution in [2.45, 2.75) is 18.5 Å². The first-order chi connectivity index (χ1) is 13.6. The number of carbonyl (C=O) groups is 1. The molecule has 0 radical (unpaired) electrons. The average Bonchev–Trinajstić information content (AvgIpc) is 3.24. The summed E-state index contributed by atoms with van der Waals surface area (Å²) < 4.78 is 5.30. The van der Waals surface area contributed by atoms with E-state index >= 15 is 0 Å². The summed E-state index contributed by atoms with van der Waals surface area (Å²) >= 11 is 5.97. The zero-order chi connectivity index (χ0) is 19.5. The van der Waals surface area contributed by atoms with Gasteiger partial charge in [-0.1, -0.05) is 23.7 Å². The Morgan fingerprint density at radius 2 is 1.82 bits per heavy atom. The monoisotopic (exact) mass is 400 g/mol. The molecule has 2 N–H and O–H groups in total. The molecular formula is C21H25ClN4O2. The van der Waals surface area contributed by atoms with Gasteiger partial charge in [0.15, 0.2) is 0 Å². The van der Waals surface area contributed by atoms with Gasteiger partial charge in [0.2, 0.25) is 5.91 Å². The van der Waals surface area contributed by atoms with Crippen LogP contribution in [0.3, 0.4) is 0 Å². The lowest BCUT2D eigenvalue weighted by Gasteiger charge is -2.37. The number of carbonyl (C=O) groups excluding carboxylic acids is 1. The summed E-state index contributed by atoms with van der Waals surface area (Å²) in [5.74, 6) is 0.987. The van der Waals surface area contributed by atoms with Crippen LogP contribution in [0.4, 0.5) is 5.69 Å². The van der Waals surface area contributed by atoms with Crippen LogP contribution in [-0.4, -0.2) is 50.1 Å². The summed E-state index contributed by atoms with van der Waals surface area (Å²) in [6, 6.07) is 15.7. The highest BCUT2D eigenvalue weighted by atomic mass is 35.5. The number of benzene rings is 2. The summed E-state index contributed by atoms with van der Waals surface area (Å²) in [5.41, 5.74) is 8.71. The molecule has 28 heavy (non-hydrogen) atoms. The lowest BCUT2D eigenvalue weighted by Crippen LogP contribution is -2.53. The molecule has 2 aromatic carbocycles. The van der Waals surface area contributed by atoms with Gasteiger partial charge in [-0.3, -0.25) is 4.79 Å². The van der Waals surface area contributed by atoms with E-state index in [4.69, 9.17) is 16.3 Å². The van der Waals surface area contributed by atoms with Crippen LogP contribution in [0.1, 0.15) is 18.0 Å². The molecule has 4 rings (SSSR count). The molecule has 148 valence electrons. The summed E-state index contributed by atoms with van der Waals surface area (Å²) in [5, 5.41) is 0.739. The van der Waals surface area contributed by atoms with Crippen LogP contribution >= 0.6 is 11.6 Å². The van der Waals surface area contributed by atoms with Crippen molar-refractivity contribution in [2.75, 3.05) is 38.2 Å². The third-order valence-electron chi connectivity index (χ3n) is 5.48. The zero-order valence-corrected chi connectivity index (χ0v) is 16.7. The van der Waals surface area contributed by atoms with Gasteiger partial charge in [-0.25, -0.2) is 10.9 Å². The molecule has 6 nitrogen and oxygen atoms in total. The Kier molecular flexibility index (Phi) is 5.71. The van der Waals surface area contributed by atoms with Crippen LogP contribution in [0.2, 0.25) is 5.02 Å². The minimum atomic E-state index is -0.210. The summed E-state index contributed by atoms with van der Waals surface area (Å²) in [4.78, 5) is 17.2. The van der Waals surface area contributed by atoms with E-state index in [0.717, 1.165) is 54.6 Å². The van der Waals surface area contributed by atoms with Gasteiger partial charge in [-0.2, -0.15) is 0 Å². The molecule has 0 aromatic heterocycles. The minimum absolute atomic E-state index is 0.0967. The summed E-state index contributed by atoms with van der Waals surface area (Å²) in [7, 11) is 1.66. The van der Waals surface area contributed by atoms with E-state index in [1.807, 2.05) is 47.4 Å². The Morgan fingerprint density at radius 3 is 2.54 bits per heavy atom. The quantitative estimate of drug-likeness (QED) is 0.826. The highest BCUT2D eigenvalue weighted by Gasteiger charge is 2.34. The number of methoxy groups -OCH3 is 1. The molecule has 7 heteroatoms. The Hall–Kier alpha value is -2.28. The number of halogens is 1. The molecular weight excluding hydrogens is 376 g/mol. The number of nitrogens with one attached hydrogen (secondary N) is 2. The molecule has 2 unspecified atom stereocenters. The van der Waals surface area contributed by atoms with Gasteiger partial charge in [-0.15, -0.1) is 0 Å². The molecule has 2 aliphatic heterocycles. The maximum Gasteiger partial charge on any atom is 0.241 e. The van der Waals surface area contributed by atoms with Gasteiger partial charge in [0.25, 0.3) is 0 Å². The molecule has 0 bridgehead atoms. The number of rotatable bonds is 4. The Morgan fingerprint density at radius 1 is 1.07 bits per heavy atom. The predicted octanol–water partition coefficient (Wildman–Crippen LogP) is 2.60. The van der Waals surface area contributed by atoms with E-state index in [1.54, 1.807) is 7.11 Å². The molecule has 2 aliphatic rings. The third kappa shape index (κ3) is 4.09. The second-order valence-corrected chi connectivity index (χ2v) is 7.63. The number of hydrogen-bond donors (Lipinski definition) is 2. The Bertz CT molecular complexity index is 821. The first-order valence-corrected chi connectivity index (χ1v) is 9.96. The van der Waals surface area contributed by atoms with Gasteiger partial charge in [0.05, 0.1) is 7.11 Å². The Labute approximate surface area is 170 Å². The molecule has 2 heterocycles. The molecule has 0 aliphatic carbocycles. The van der Waals surface area contributed by atoms with Crippen molar-refractivity contribution in [3.8, 4) is 5.75 Å². The summed E-state index contributed by atoms with van der Waals surface area (Å²) in [6.07, 6.45) is 0.726. The van der Waals surface area contributed by atoms with E-state index in [-0.39, 0.29) is 18.0 Å². The summed E-state index contributed by atoms with van der Waals surface area (Å²) in [6.45, 7) is 3.10. The van der Waals surface area contributed by atoms with Gasteiger partial charge in [-0.05, 0) is 48.4 Å².